The average Bonchev–Trinajstić information content (AvgIpc) is 2.62. The van der Waals surface area contributed by atoms with Crippen molar-refractivity contribution in [2.75, 3.05) is 69.8 Å². The van der Waals surface area contributed by atoms with Crippen LogP contribution in [0.3, 0.4) is 0 Å². The molecule has 0 aromatic heterocycles. The first-order valence-electron chi connectivity index (χ1n) is 8.39. The molecule has 0 saturated carbocycles. The number of hydrogen-bond acceptors (Lipinski definition) is 4. The molecule has 0 spiro atoms. The van der Waals surface area contributed by atoms with E-state index in [2.05, 4.69) is 31.7 Å². The van der Waals surface area contributed by atoms with E-state index in [0.29, 0.717) is 0 Å². The Hall–Kier alpha value is -1.47. The molecule has 0 amide bonds. The molecule has 0 aliphatic carbocycles. The first-order valence-corrected chi connectivity index (χ1v) is 9.78. The number of aliphatic imine (C=N–C) groups is 1. The largest absolute Gasteiger partial charge is 0.369 e. The van der Waals surface area contributed by atoms with E-state index in [9.17, 15) is 4.39 Å². The number of guanidine groups is 1. The monoisotopic (exact) mass is 353 g/mol. The molecular formula is C17H28FN5S. The summed E-state index contributed by atoms with van der Waals surface area (Å²) < 4.78 is 13.0. The van der Waals surface area contributed by atoms with Crippen LogP contribution in [0.15, 0.2) is 29.3 Å². The van der Waals surface area contributed by atoms with Crippen LogP contribution in [0.25, 0.3) is 0 Å². The van der Waals surface area contributed by atoms with Gasteiger partial charge in [-0.05, 0) is 30.5 Å². The standard InChI is InChI=1S/C17H28FN5S/c1-19-17(21-8-14-24-2)20-7-9-22-10-12-23(13-11-22)16-5-3-15(18)4-6-16/h3-6H,7-14H2,1-2H3,(H2,19,20,21). The highest BCUT2D eigenvalue weighted by molar-refractivity contribution is 7.98. The third-order valence-corrected chi connectivity index (χ3v) is 4.72. The number of benzene rings is 1. The second-order valence-electron chi connectivity index (χ2n) is 5.72. The van der Waals surface area contributed by atoms with E-state index in [1.165, 1.54) is 12.1 Å². The second-order valence-corrected chi connectivity index (χ2v) is 6.71. The lowest BCUT2D eigenvalue weighted by molar-refractivity contribution is 0.261. The van der Waals surface area contributed by atoms with E-state index in [1.807, 2.05) is 23.9 Å². The molecule has 1 aromatic carbocycles. The fourth-order valence-electron chi connectivity index (χ4n) is 2.71. The van der Waals surface area contributed by atoms with Crippen LogP contribution in [0.4, 0.5) is 10.1 Å². The predicted molar refractivity (Wildman–Crippen MR) is 103 cm³/mol. The maximum atomic E-state index is 13.0. The summed E-state index contributed by atoms with van der Waals surface area (Å²) in [5.74, 6) is 1.77. The molecule has 2 rings (SSSR count). The van der Waals surface area contributed by atoms with Crippen LogP contribution in [0.2, 0.25) is 0 Å². The number of halogens is 1. The first kappa shape index (κ1) is 18.9. The minimum Gasteiger partial charge on any atom is -0.369 e. The van der Waals surface area contributed by atoms with Crippen LogP contribution in [-0.4, -0.2) is 75.7 Å². The van der Waals surface area contributed by atoms with Gasteiger partial charge >= 0.3 is 0 Å². The van der Waals surface area contributed by atoms with Gasteiger partial charge in [0, 0.05) is 64.3 Å². The summed E-state index contributed by atoms with van der Waals surface area (Å²) in [6.45, 7) is 6.82. The molecule has 5 nitrogen and oxygen atoms in total. The molecule has 1 aliphatic rings. The smallest absolute Gasteiger partial charge is 0.191 e. The highest BCUT2D eigenvalue weighted by Crippen LogP contribution is 2.16. The minimum atomic E-state index is -0.178. The minimum absolute atomic E-state index is 0.178. The third-order valence-electron chi connectivity index (χ3n) is 4.11. The van der Waals surface area contributed by atoms with Gasteiger partial charge < -0.3 is 15.5 Å². The number of piperazine rings is 1. The van der Waals surface area contributed by atoms with E-state index in [4.69, 9.17) is 0 Å². The number of nitrogens with zero attached hydrogens (tertiary/aromatic N) is 3. The maximum absolute atomic E-state index is 13.0. The normalized spacial score (nSPS) is 16.3. The van der Waals surface area contributed by atoms with Crippen LogP contribution in [0.5, 0.6) is 0 Å². The lowest BCUT2D eigenvalue weighted by atomic mass is 10.2. The topological polar surface area (TPSA) is 42.9 Å². The molecule has 1 fully saturated rings. The Kier molecular flexibility index (Phi) is 8.18. The molecule has 1 saturated heterocycles. The lowest BCUT2D eigenvalue weighted by Crippen LogP contribution is -2.49. The van der Waals surface area contributed by atoms with Gasteiger partial charge in [0.15, 0.2) is 5.96 Å². The number of rotatable bonds is 7. The Morgan fingerprint density at radius 1 is 1.12 bits per heavy atom. The summed E-state index contributed by atoms with van der Waals surface area (Å²) in [6.07, 6.45) is 2.10. The van der Waals surface area contributed by atoms with Gasteiger partial charge in [0.1, 0.15) is 5.82 Å². The average molecular weight is 354 g/mol. The summed E-state index contributed by atoms with van der Waals surface area (Å²) in [4.78, 5) is 8.99. The number of hydrogen-bond donors (Lipinski definition) is 2. The molecule has 2 N–H and O–H groups in total. The quantitative estimate of drug-likeness (QED) is 0.442. The van der Waals surface area contributed by atoms with Crippen molar-refractivity contribution < 1.29 is 4.39 Å². The van der Waals surface area contributed by atoms with Gasteiger partial charge in [-0.15, -0.1) is 0 Å². The molecule has 0 atom stereocenters. The van der Waals surface area contributed by atoms with Gasteiger partial charge in [-0.1, -0.05) is 0 Å². The summed E-state index contributed by atoms with van der Waals surface area (Å²) in [5.41, 5.74) is 1.10. The van der Waals surface area contributed by atoms with Gasteiger partial charge in [0.2, 0.25) is 0 Å². The Balaban J connectivity index is 1.65. The highest BCUT2D eigenvalue weighted by atomic mass is 32.2. The number of thioether (sulfide) groups is 1. The van der Waals surface area contributed by atoms with Gasteiger partial charge in [-0.2, -0.15) is 11.8 Å². The molecule has 1 heterocycles. The molecule has 1 aliphatic heterocycles. The van der Waals surface area contributed by atoms with E-state index >= 15 is 0 Å². The van der Waals surface area contributed by atoms with Gasteiger partial charge in [-0.3, -0.25) is 9.89 Å². The Labute approximate surface area is 148 Å². The zero-order chi connectivity index (χ0) is 17.2. The van der Waals surface area contributed by atoms with E-state index in [-0.39, 0.29) is 5.82 Å². The Morgan fingerprint density at radius 3 is 2.42 bits per heavy atom. The maximum Gasteiger partial charge on any atom is 0.191 e. The molecule has 1 aromatic rings. The van der Waals surface area contributed by atoms with Crippen molar-refractivity contribution in [3.05, 3.63) is 30.1 Å². The van der Waals surface area contributed by atoms with Crippen molar-refractivity contribution in [2.45, 2.75) is 0 Å². The van der Waals surface area contributed by atoms with Crippen molar-refractivity contribution in [1.29, 1.82) is 0 Å². The molecule has 0 unspecified atom stereocenters. The predicted octanol–water partition coefficient (Wildman–Crippen LogP) is 1.48. The number of anilines is 1. The molecular weight excluding hydrogens is 325 g/mol. The van der Waals surface area contributed by atoms with Crippen molar-refractivity contribution in [3.8, 4) is 0 Å². The molecule has 7 heteroatoms. The first-order chi connectivity index (χ1) is 11.7. The van der Waals surface area contributed by atoms with E-state index < -0.39 is 0 Å². The molecule has 24 heavy (non-hydrogen) atoms. The van der Waals surface area contributed by atoms with Crippen molar-refractivity contribution in [3.63, 3.8) is 0 Å². The second kappa shape index (κ2) is 10.4. The summed E-state index contributed by atoms with van der Waals surface area (Å²) in [6, 6.07) is 6.77. The Morgan fingerprint density at radius 2 is 1.79 bits per heavy atom. The fourth-order valence-corrected chi connectivity index (χ4v) is 3.01. The van der Waals surface area contributed by atoms with E-state index in [0.717, 1.165) is 63.2 Å². The van der Waals surface area contributed by atoms with E-state index in [1.54, 1.807) is 7.05 Å². The van der Waals surface area contributed by atoms with Gasteiger partial charge in [0.05, 0.1) is 0 Å². The SMILES string of the molecule is CN=C(NCCSC)NCCN1CCN(c2ccc(F)cc2)CC1. The van der Waals surface area contributed by atoms with Crippen LogP contribution in [0.1, 0.15) is 0 Å². The highest BCUT2D eigenvalue weighted by Gasteiger charge is 2.16. The third kappa shape index (κ3) is 6.20. The van der Waals surface area contributed by atoms with Crippen LogP contribution < -0.4 is 15.5 Å². The molecule has 0 bridgehead atoms. The van der Waals surface area contributed by atoms with Crippen molar-refractivity contribution in [1.82, 2.24) is 15.5 Å². The zero-order valence-electron chi connectivity index (χ0n) is 14.6. The van der Waals surface area contributed by atoms with Gasteiger partial charge in [-0.25, -0.2) is 4.39 Å². The van der Waals surface area contributed by atoms with Crippen LogP contribution in [-0.2, 0) is 0 Å². The van der Waals surface area contributed by atoms with Crippen molar-refractivity contribution >= 4 is 23.4 Å². The molecule has 134 valence electrons. The number of nitrogens with one attached hydrogen (secondary N) is 2. The Bertz CT molecular complexity index is 500. The van der Waals surface area contributed by atoms with Crippen LogP contribution in [0, 0.1) is 5.82 Å². The van der Waals surface area contributed by atoms with Crippen LogP contribution >= 0.6 is 11.8 Å². The molecule has 0 radical (unpaired) electrons. The fraction of sp³-hybridized carbons (Fsp3) is 0.588. The van der Waals surface area contributed by atoms with Gasteiger partial charge in [0.25, 0.3) is 0 Å². The summed E-state index contributed by atoms with van der Waals surface area (Å²) >= 11 is 1.82. The summed E-state index contributed by atoms with van der Waals surface area (Å²) in [5, 5.41) is 6.66. The lowest BCUT2D eigenvalue weighted by Gasteiger charge is -2.36. The summed E-state index contributed by atoms with van der Waals surface area (Å²) in [7, 11) is 1.80. The zero-order valence-corrected chi connectivity index (χ0v) is 15.4. The van der Waals surface area contributed by atoms with Crippen molar-refractivity contribution in [2.24, 2.45) is 4.99 Å².